The molecular formula is C22H33N5O2S. The third-order valence-corrected chi connectivity index (χ3v) is 5.96. The summed E-state index contributed by atoms with van der Waals surface area (Å²) in [5.41, 5.74) is 1.79. The molecule has 2 aromatic rings. The van der Waals surface area contributed by atoms with E-state index >= 15 is 0 Å². The highest BCUT2D eigenvalue weighted by Gasteiger charge is 2.20. The molecule has 0 radical (unpaired) electrons. The van der Waals surface area contributed by atoms with Crippen LogP contribution in [0.5, 0.6) is 0 Å². The lowest BCUT2D eigenvalue weighted by atomic mass is 10.0. The molecule has 1 aromatic carbocycles. The SMILES string of the molecule is CCOC(=O)c1sc(C(C)NC(=NC)NCC(Nc2ccccc2)C(C)C)nc1C. The Kier molecular flexibility index (Phi) is 9.11. The number of aromatic nitrogens is 1. The lowest BCUT2D eigenvalue weighted by molar-refractivity contribution is 0.0531. The van der Waals surface area contributed by atoms with E-state index in [1.807, 2.05) is 32.0 Å². The largest absolute Gasteiger partial charge is 0.462 e. The second kappa shape index (κ2) is 11.5. The maximum atomic E-state index is 12.1. The van der Waals surface area contributed by atoms with E-state index in [0.29, 0.717) is 35.6 Å². The Hall–Kier alpha value is -2.61. The van der Waals surface area contributed by atoms with Crippen LogP contribution < -0.4 is 16.0 Å². The molecule has 8 heteroatoms. The van der Waals surface area contributed by atoms with E-state index in [1.165, 1.54) is 11.3 Å². The van der Waals surface area contributed by atoms with Crippen molar-refractivity contribution >= 4 is 29.0 Å². The second-order valence-electron chi connectivity index (χ2n) is 7.37. The maximum absolute atomic E-state index is 12.1. The van der Waals surface area contributed by atoms with E-state index in [2.05, 4.69) is 51.9 Å². The highest BCUT2D eigenvalue weighted by atomic mass is 32.1. The maximum Gasteiger partial charge on any atom is 0.350 e. The number of para-hydroxylation sites is 1. The number of ether oxygens (including phenoxy) is 1. The van der Waals surface area contributed by atoms with E-state index in [1.54, 1.807) is 14.0 Å². The van der Waals surface area contributed by atoms with Gasteiger partial charge in [-0.05, 0) is 38.8 Å². The Balaban J connectivity index is 1.97. The Morgan fingerprint density at radius 2 is 1.93 bits per heavy atom. The molecule has 0 saturated carbocycles. The van der Waals surface area contributed by atoms with Crippen LogP contribution in [0.4, 0.5) is 5.69 Å². The van der Waals surface area contributed by atoms with Gasteiger partial charge in [0.25, 0.3) is 0 Å². The first-order valence-electron chi connectivity index (χ1n) is 10.3. The van der Waals surface area contributed by atoms with Gasteiger partial charge in [0.2, 0.25) is 0 Å². The predicted molar refractivity (Wildman–Crippen MR) is 124 cm³/mol. The molecule has 164 valence electrons. The number of hydrogen-bond donors (Lipinski definition) is 3. The summed E-state index contributed by atoms with van der Waals surface area (Å²) in [5.74, 6) is 0.802. The molecule has 0 fully saturated rings. The Labute approximate surface area is 183 Å². The average molecular weight is 432 g/mol. The summed E-state index contributed by atoms with van der Waals surface area (Å²) < 4.78 is 5.11. The van der Waals surface area contributed by atoms with Gasteiger partial charge in [0.1, 0.15) is 9.88 Å². The number of guanidine groups is 1. The van der Waals surface area contributed by atoms with Gasteiger partial charge in [-0.1, -0.05) is 32.0 Å². The number of esters is 1. The Morgan fingerprint density at radius 3 is 2.53 bits per heavy atom. The number of nitrogens with one attached hydrogen (secondary N) is 3. The Morgan fingerprint density at radius 1 is 1.23 bits per heavy atom. The second-order valence-corrected chi connectivity index (χ2v) is 8.40. The molecule has 0 spiro atoms. The van der Waals surface area contributed by atoms with Crippen LogP contribution in [0.2, 0.25) is 0 Å². The molecule has 1 aromatic heterocycles. The van der Waals surface area contributed by atoms with Gasteiger partial charge in [0, 0.05) is 25.3 Å². The van der Waals surface area contributed by atoms with E-state index in [0.717, 1.165) is 10.7 Å². The average Bonchev–Trinajstić information content (AvgIpc) is 3.12. The number of thiazole rings is 1. The van der Waals surface area contributed by atoms with Crippen molar-refractivity contribution < 1.29 is 9.53 Å². The van der Waals surface area contributed by atoms with E-state index in [-0.39, 0.29) is 18.1 Å². The molecule has 0 aliphatic heterocycles. The zero-order valence-corrected chi connectivity index (χ0v) is 19.5. The summed E-state index contributed by atoms with van der Waals surface area (Å²) in [7, 11) is 1.74. The van der Waals surface area contributed by atoms with Crippen molar-refractivity contribution in [1.29, 1.82) is 0 Å². The number of nitrogens with zero attached hydrogens (tertiary/aromatic N) is 2. The summed E-state index contributed by atoms with van der Waals surface area (Å²) >= 11 is 1.36. The molecular weight excluding hydrogens is 398 g/mol. The van der Waals surface area contributed by atoms with Gasteiger partial charge in [0.05, 0.1) is 18.3 Å². The van der Waals surface area contributed by atoms with E-state index in [9.17, 15) is 4.79 Å². The summed E-state index contributed by atoms with van der Waals surface area (Å²) in [5, 5.41) is 11.1. The molecule has 7 nitrogen and oxygen atoms in total. The smallest absolute Gasteiger partial charge is 0.350 e. The lowest BCUT2D eigenvalue weighted by Crippen LogP contribution is -2.45. The van der Waals surface area contributed by atoms with Gasteiger partial charge in [-0.3, -0.25) is 4.99 Å². The fourth-order valence-corrected chi connectivity index (χ4v) is 3.82. The number of aliphatic imine (C=N–C) groups is 1. The van der Waals surface area contributed by atoms with Crippen LogP contribution in [0, 0.1) is 12.8 Å². The van der Waals surface area contributed by atoms with Crippen molar-refractivity contribution in [3.8, 4) is 0 Å². The minimum Gasteiger partial charge on any atom is -0.462 e. The zero-order chi connectivity index (χ0) is 22.1. The predicted octanol–water partition coefficient (Wildman–Crippen LogP) is 3.99. The van der Waals surface area contributed by atoms with Crippen molar-refractivity contribution in [3.05, 3.63) is 45.9 Å². The fourth-order valence-electron chi connectivity index (χ4n) is 2.86. The van der Waals surface area contributed by atoms with Gasteiger partial charge in [-0.25, -0.2) is 9.78 Å². The van der Waals surface area contributed by atoms with Crippen LogP contribution in [-0.4, -0.2) is 43.2 Å². The normalized spacial score (nSPS) is 13.6. The summed E-state index contributed by atoms with van der Waals surface area (Å²) in [4.78, 5) is 21.5. The van der Waals surface area contributed by atoms with Crippen molar-refractivity contribution in [1.82, 2.24) is 15.6 Å². The van der Waals surface area contributed by atoms with Gasteiger partial charge >= 0.3 is 5.97 Å². The quantitative estimate of drug-likeness (QED) is 0.316. The van der Waals surface area contributed by atoms with Crippen LogP contribution in [0.1, 0.15) is 54.1 Å². The minimum atomic E-state index is -0.319. The number of benzene rings is 1. The topological polar surface area (TPSA) is 87.6 Å². The van der Waals surface area contributed by atoms with E-state index < -0.39 is 0 Å². The lowest BCUT2D eigenvalue weighted by Gasteiger charge is -2.25. The number of hydrogen-bond acceptors (Lipinski definition) is 6. The molecule has 0 amide bonds. The highest BCUT2D eigenvalue weighted by Crippen LogP contribution is 2.24. The van der Waals surface area contributed by atoms with Crippen LogP contribution >= 0.6 is 11.3 Å². The van der Waals surface area contributed by atoms with Crippen molar-refractivity contribution in [3.63, 3.8) is 0 Å². The zero-order valence-electron chi connectivity index (χ0n) is 18.7. The number of carbonyl (C=O) groups is 1. The molecule has 0 saturated heterocycles. The van der Waals surface area contributed by atoms with Gasteiger partial charge in [-0.2, -0.15) is 0 Å². The molecule has 2 rings (SSSR count). The minimum absolute atomic E-state index is 0.0948. The molecule has 0 aliphatic rings. The third kappa shape index (κ3) is 6.73. The summed E-state index contributed by atoms with van der Waals surface area (Å²) in [6.45, 7) is 11.1. The molecule has 30 heavy (non-hydrogen) atoms. The molecule has 2 unspecified atom stereocenters. The number of anilines is 1. The first-order chi connectivity index (χ1) is 14.3. The van der Waals surface area contributed by atoms with E-state index in [4.69, 9.17) is 4.74 Å². The van der Waals surface area contributed by atoms with Crippen LogP contribution in [0.15, 0.2) is 35.3 Å². The molecule has 0 bridgehead atoms. The van der Waals surface area contributed by atoms with Crippen molar-refractivity contribution in [2.45, 2.75) is 46.7 Å². The van der Waals surface area contributed by atoms with Gasteiger partial charge in [0.15, 0.2) is 5.96 Å². The summed E-state index contributed by atoms with van der Waals surface area (Å²) in [6, 6.07) is 10.3. The van der Waals surface area contributed by atoms with Crippen LogP contribution in [0.3, 0.4) is 0 Å². The van der Waals surface area contributed by atoms with Crippen molar-refractivity contribution in [2.75, 3.05) is 25.5 Å². The fraction of sp³-hybridized carbons (Fsp3) is 0.500. The monoisotopic (exact) mass is 431 g/mol. The van der Waals surface area contributed by atoms with Gasteiger partial charge in [-0.15, -0.1) is 11.3 Å². The van der Waals surface area contributed by atoms with Gasteiger partial charge < -0.3 is 20.7 Å². The van der Waals surface area contributed by atoms with Crippen LogP contribution in [-0.2, 0) is 4.74 Å². The molecule has 3 N–H and O–H groups in total. The third-order valence-electron chi connectivity index (χ3n) is 4.64. The van der Waals surface area contributed by atoms with Crippen LogP contribution in [0.25, 0.3) is 0 Å². The standard InChI is InChI=1S/C22H33N5O2S/c1-7-29-21(28)19-15(4)25-20(30-19)16(5)26-22(23-6)24-13-18(14(2)3)27-17-11-9-8-10-12-17/h8-12,14,16,18,27H,7,13H2,1-6H3,(H2,23,24,26). The number of rotatable bonds is 9. The molecule has 1 heterocycles. The first kappa shape index (κ1) is 23.7. The number of carbonyl (C=O) groups excluding carboxylic acids is 1. The first-order valence-corrected chi connectivity index (χ1v) is 11.1. The number of aryl methyl sites for hydroxylation is 1. The highest BCUT2D eigenvalue weighted by molar-refractivity contribution is 7.13. The summed E-state index contributed by atoms with van der Waals surface area (Å²) in [6.07, 6.45) is 0. The molecule has 2 atom stereocenters. The van der Waals surface area contributed by atoms with Crippen molar-refractivity contribution in [2.24, 2.45) is 10.9 Å². The Bertz CT molecular complexity index is 835. The molecule has 0 aliphatic carbocycles.